The highest BCUT2D eigenvalue weighted by atomic mass is 35.5. The standard InChI is InChI=1S/C10H11ClFNO3S/c11-8-3-1-6(17-8)2-4-9(14)13-7(5-12)10(15)16/h1,3,7H,2,4-5H2,(H,13,14)(H,15,16). The van der Waals surface area contributed by atoms with Crippen LogP contribution in [0.1, 0.15) is 11.3 Å². The van der Waals surface area contributed by atoms with Crippen molar-refractivity contribution in [3.63, 3.8) is 0 Å². The zero-order valence-electron chi connectivity index (χ0n) is 8.78. The molecule has 1 rings (SSSR count). The quantitative estimate of drug-likeness (QED) is 0.835. The van der Waals surface area contributed by atoms with E-state index in [0.717, 1.165) is 4.88 Å². The van der Waals surface area contributed by atoms with Gasteiger partial charge < -0.3 is 10.4 Å². The number of carboxylic acid groups (broad SMARTS) is 1. The minimum absolute atomic E-state index is 0.112. The molecule has 0 aliphatic rings. The lowest BCUT2D eigenvalue weighted by Crippen LogP contribution is -2.42. The van der Waals surface area contributed by atoms with E-state index < -0.39 is 24.6 Å². The largest absolute Gasteiger partial charge is 0.480 e. The molecule has 0 aromatic carbocycles. The van der Waals surface area contributed by atoms with Gasteiger partial charge in [-0.1, -0.05) is 11.6 Å². The first-order chi connectivity index (χ1) is 8.02. The Balaban J connectivity index is 2.37. The predicted molar refractivity (Wildman–Crippen MR) is 63.2 cm³/mol. The summed E-state index contributed by atoms with van der Waals surface area (Å²) in [5, 5.41) is 10.6. The van der Waals surface area contributed by atoms with Gasteiger partial charge in [0.25, 0.3) is 0 Å². The molecule has 1 amide bonds. The van der Waals surface area contributed by atoms with Crippen molar-refractivity contribution < 1.29 is 19.1 Å². The number of aliphatic carboxylic acids is 1. The molecular weight excluding hydrogens is 269 g/mol. The van der Waals surface area contributed by atoms with Gasteiger partial charge in [-0.2, -0.15) is 0 Å². The van der Waals surface area contributed by atoms with Crippen LogP contribution in [0.3, 0.4) is 0 Å². The minimum atomic E-state index is -1.46. The number of alkyl halides is 1. The zero-order valence-corrected chi connectivity index (χ0v) is 10.4. The summed E-state index contributed by atoms with van der Waals surface area (Å²) in [6.45, 7) is -1.12. The van der Waals surface area contributed by atoms with Crippen molar-refractivity contribution >= 4 is 34.8 Å². The van der Waals surface area contributed by atoms with Gasteiger partial charge >= 0.3 is 5.97 Å². The van der Waals surface area contributed by atoms with E-state index in [2.05, 4.69) is 5.32 Å². The first-order valence-corrected chi connectivity index (χ1v) is 6.04. The van der Waals surface area contributed by atoms with Gasteiger partial charge in [0.2, 0.25) is 5.91 Å². The highest BCUT2D eigenvalue weighted by Gasteiger charge is 2.19. The molecule has 1 heterocycles. The fraction of sp³-hybridized carbons (Fsp3) is 0.400. The maximum absolute atomic E-state index is 12.2. The summed E-state index contributed by atoms with van der Waals surface area (Å²) in [5.74, 6) is -1.86. The summed E-state index contributed by atoms with van der Waals surface area (Å²) in [5.41, 5.74) is 0. The van der Waals surface area contributed by atoms with Crippen LogP contribution in [-0.4, -0.2) is 29.7 Å². The molecule has 0 aliphatic heterocycles. The van der Waals surface area contributed by atoms with Crippen LogP contribution in [0.15, 0.2) is 12.1 Å². The average molecular weight is 280 g/mol. The molecule has 1 unspecified atom stereocenters. The molecule has 0 saturated heterocycles. The number of hydrogen-bond acceptors (Lipinski definition) is 3. The number of carbonyl (C=O) groups is 2. The molecule has 0 radical (unpaired) electrons. The molecule has 0 fully saturated rings. The zero-order chi connectivity index (χ0) is 12.8. The van der Waals surface area contributed by atoms with Crippen LogP contribution in [-0.2, 0) is 16.0 Å². The summed E-state index contributed by atoms with van der Waals surface area (Å²) in [7, 11) is 0. The summed E-state index contributed by atoms with van der Waals surface area (Å²) >= 11 is 7.07. The van der Waals surface area contributed by atoms with Crippen molar-refractivity contribution in [3.8, 4) is 0 Å². The Kier molecular flexibility index (Phi) is 5.37. The molecule has 0 saturated carbocycles. The molecule has 0 bridgehead atoms. The Morgan fingerprint density at radius 2 is 2.24 bits per heavy atom. The predicted octanol–water partition coefficient (Wildman–Crippen LogP) is 1.87. The van der Waals surface area contributed by atoms with Gasteiger partial charge in [0.05, 0.1) is 4.34 Å². The van der Waals surface area contributed by atoms with Gasteiger partial charge in [0.15, 0.2) is 6.04 Å². The van der Waals surface area contributed by atoms with Crippen LogP contribution < -0.4 is 5.32 Å². The number of amides is 1. The van der Waals surface area contributed by atoms with Gasteiger partial charge in [0, 0.05) is 11.3 Å². The average Bonchev–Trinajstić information content (AvgIpc) is 2.68. The SMILES string of the molecule is O=C(CCc1ccc(Cl)s1)NC(CF)C(=O)O. The van der Waals surface area contributed by atoms with Gasteiger partial charge in [-0.05, 0) is 18.6 Å². The second-order valence-corrected chi connectivity index (χ2v) is 5.12. The van der Waals surface area contributed by atoms with Crippen LogP contribution in [0, 0.1) is 0 Å². The van der Waals surface area contributed by atoms with E-state index in [1.54, 1.807) is 12.1 Å². The lowest BCUT2D eigenvalue weighted by molar-refractivity contribution is -0.142. The van der Waals surface area contributed by atoms with Crippen molar-refractivity contribution in [2.75, 3.05) is 6.67 Å². The highest BCUT2D eigenvalue weighted by Crippen LogP contribution is 2.22. The Morgan fingerprint density at radius 3 is 2.71 bits per heavy atom. The lowest BCUT2D eigenvalue weighted by atomic mass is 10.2. The summed E-state index contributed by atoms with van der Waals surface area (Å²) < 4.78 is 12.9. The van der Waals surface area contributed by atoms with Crippen LogP contribution in [0.25, 0.3) is 0 Å². The molecule has 7 heteroatoms. The number of hydrogen-bond donors (Lipinski definition) is 2. The van der Waals surface area contributed by atoms with E-state index in [0.29, 0.717) is 10.8 Å². The van der Waals surface area contributed by atoms with Crippen molar-refractivity contribution in [1.82, 2.24) is 5.32 Å². The van der Waals surface area contributed by atoms with Crippen LogP contribution >= 0.6 is 22.9 Å². The number of aryl methyl sites for hydroxylation is 1. The first-order valence-electron chi connectivity index (χ1n) is 4.85. The second kappa shape index (κ2) is 6.56. The second-order valence-electron chi connectivity index (χ2n) is 3.32. The topological polar surface area (TPSA) is 66.4 Å². The van der Waals surface area contributed by atoms with E-state index >= 15 is 0 Å². The Hall–Kier alpha value is -1.14. The summed E-state index contributed by atoms with van der Waals surface area (Å²) in [6, 6.07) is 2.06. The third kappa shape index (κ3) is 4.70. The molecule has 4 nitrogen and oxygen atoms in total. The third-order valence-corrected chi connectivity index (χ3v) is 3.31. The van der Waals surface area contributed by atoms with E-state index in [4.69, 9.17) is 16.7 Å². The Labute approximate surface area is 106 Å². The maximum Gasteiger partial charge on any atom is 0.328 e. The molecule has 1 aromatic heterocycles. The fourth-order valence-corrected chi connectivity index (χ4v) is 2.24. The van der Waals surface area contributed by atoms with Crippen LogP contribution in [0.4, 0.5) is 4.39 Å². The Bertz CT molecular complexity index is 410. The Morgan fingerprint density at radius 1 is 1.53 bits per heavy atom. The minimum Gasteiger partial charge on any atom is -0.480 e. The van der Waals surface area contributed by atoms with Gasteiger partial charge in [-0.3, -0.25) is 4.79 Å². The molecule has 17 heavy (non-hydrogen) atoms. The molecule has 94 valence electrons. The number of thiophene rings is 1. The first kappa shape index (κ1) is 13.9. The van der Waals surface area contributed by atoms with Crippen molar-refractivity contribution in [3.05, 3.63) is 21.3 Å². The number of nitrogens with one attached hydrogen (secondary N) is 1. The number of rotatable bonds is 6. The van der Waals surface area contributed by atoms with Crippen molar-refractivity contribution in [2.24, 2.45) is 0 Å². The third-order valence-electron chi connectivity index (χ3n) is 2.01. The molecule has 0 aliphatic carbocycles. The van der Waals surface area contributed by atoms with Crippen LogP contribution in [0.5, 0.6) is 0 Å². The van der Waals surface area contributed by atoms with Gasteiger partial charge in [-0.15, -0.1) is 11.3 Å². The fourth-order valence-electron chi connectivity index (χ4n) is 1.16. The van der Waals surface area contributed by atoms with E-state index in [1.165, 1.54) is 11.3 Å². The smallest absolute Gasteiger partial charge is 0.328 e. The summed E-state index contributed by atoms with van der Waals surface area (Å²) in [4.78, 5) is 22.7. The van der Waals surface area contributed by atoms with E-state index in [9.17, 15) is 14.0 Å². The number of halogens is 2. The molecule has 1 atom stereocenters. The highest BCUT2D eigenvalue weighted by molar-refractivity contribution is 7.16. The number of carboxylic acids is 1. The number of carbonyl (C=O) groups excluding carboxylic acids is 1. The summed E-state index contributed by atoms with van der Waals surface area (Å²) in [6.07, 6.45) is 0.572. The van der Waals surface area contributed by atoms with Gasteiger partial charge in [0.1, 0.15) is 6.67 Å². The van der Waals surface area contributed by atoms with E-state index in [-0.39, 0.29) is 6.42 Å². The van der Waals surface area contributed by atoms with Crippen LogP contribution in [0.2, 0.25) is 4.34 Å². The van der Waals surface area contributed by atoms with Gasteiger partial charge in [-0.25, -0.2) is 9.18 Å². The van der Waals surface area contributed by atoms with E-state index in [1.807, 2.05) is 0 Å². The maximum atomic E-state index is 12.2. The normalized spacial score (nSPS) is 12.1. The molecular formula is C10H11ClFNO3S. The monoisotopic (exact) mass is 279 g/mol. The lowest BCUT2D eigenvalue weighted by Gasteiger charge is -2.09. The van der Waals surface area contributed by atoms with Crippen molar-refractivity contribution in [1.29, 1.82) is 0 Å². The molecule has 1 aromatic rings. The van der Waals surface area contributed by atoms with Crippen molar-refractivity contribution in [2.45, 2.75) is 18.9 Å². The molecule has 0 spiro atoms. The molecule has 2 N–H and O–H groups in total.